The number of benzene rings is 2. The Balaban J connectivity index is 1.96. The lowest BCUT2D eigenvalue weighted by Crippen LogP contribution is -2.46. The Kier molecular flexibility index (Phi) is 5.53. The summed E-state index contributed by atoms with van der Waals surface area (Å²) in [6.07, 6.45) is -0.534. The summed E-state index contributed by atoms with van der Waals surface area (Å²) in [6.45, 7) is 2.11. The monoisotopic (exact) mass is 355 g/mol. The SMILES string of the molecule is CCOC(=O)c1ccccc1CN1C(=O)C(CCO)Oc2ccccc21. The number of para-hydroxylation sites is 2. The van der Waals surface area contributed by atoms with Crippen LogP contribution in [0.25, 0.3) is 0 Å². The molecule has 0 aliphatic carbocycles. The average molecular weight is 355 g/mol. The fourth-order valence-electron chi connectivity index (χ4n) is 2.98. The number of hydrogen-bond donors (Lipinski definition) is 1. The zero-order valence-corrected chi connectivity index (χ0v) is 14.6. The third-order valence-corrected chi connectivity index (χ3v) is 4.20. The molecule has 1 N–H and O–H groups in total. The summed E-state index contributed by atoms with van der Waals surface area (Å²) in [7, 11) is 0. The third-order valence-electron chi connectivity index (χ3n) is 4.20. The first-order chi connectivity index (χ1) is 12.7. The van der Waals surface area contributed by atoms with Gasteiger partial charge in [-0.15, -0.1) is 0 Å². The van der Waals surface area contributed by atoms with Crippen LogP contribution < -0.4 is 9.64 Å². The van der Waals surface area contributed by atoms with Crippen LogP contribution in [0.1, 0.15) is 29.3 Å². The maximum atomic E-state index is 12.9. The van der Waals surface area contributed by atoms with Gasteiger partial charge in [-0.3, -0.25) is 4.79 Å². The zero-order valence-electron chi connectivity index (χ0n) is 14.6. The number of fused-ring (bicyclic) bond motifs is 1. The van der Waals surface area contributed by atoms with Crippen LogP contribution in [0.2, 0.25) is 0 Å². The molecule has 26 heavy (non-hydrogen) atoms. The highest BCUT2D eigenvalue weighted by Crippen LogP contribution is 2.35. The fraction of sp³-hybridized carbons (Fsp3) is 0.300. The van der Waals surface area contributed by atoms with Crippen LogP contribution in [-0.4, -0.2) is 36.3 Å². The quantitative estimate of drug-likeness (QED) is 0.806. The molecular weight excluding hydrogens is 334 g/mol. The first-order valence-corrected chi connectivity index (χ1v) is 8.58. The van der Waals surface area contributed by atoms with Crippen molar-refractivity contribution in [2.45, 2.75) is 26.0 Å². The van der Waals surface area contributed by atoms with E-state index >= 15 is 0 Å². The van der Waals surface area contributed by atoms with E-state index in [1.54, 1.807) is 42.2 Å². The van der Waals surface area contributed by atoms with Crippen molar-refractivity contribution in [2.75, 3.05) is 18.1 Å². The van der Waals surface area contributed by atoms with Crippen molar-refractivity contribution >= 4 is 17.6 Å². The van der Waals surface area contributed by atoms with Gasteiger partial charge < -0.3 is 19.5 Å². The largest absolute Gasteiger partial charge is 0.478 e. The summed E-state index contributed by atoms with van der Waals surface area (Å²) in [5.41, 5.74) is 1.77. The van der Waals surface area contributed by atoms with Gasteiger partial charge >= 0.3 is 5.97 Å². The Hall–Kier alpha value is -2.86. The van der Waals surface area contributed by atoms with E-state index in [0.29, 0.717) is 22.6 Å². The van der Waals surface area contributed by atoms with E-state index in [9.17, 15) is 14.7 Å². The molecule has 1 amide bonds. The molecule has 136 valence electrons. The highest BCUT2D eigenvalue weighted by molar-refractivity contribution is 6.00. The third kappa shape index (κ3) is 3.55. The van der Waals surface area contributed by atoms with Crippen LogP contribution in [-0.2, 0) is 16.1 Å². The van der Waals surface area contributed by atoms with Gasteiger partial charge in [0.2, 0.25) is 0 Å². The van der Waals surface area contributed by atoms with E-state index in [1.807, 2.05) is 18.2 Å². The Morgan fingerprint density at radius 2 is 1.92 bits per heavy atom. The number of ether oxygens (including phenoxy) is 2. The Labute approximate surface area is 152 Å². The Morgan fingerprint density at radius 1 is 1.19 bits per heavy atom. The predicted molar refractivity (Wildman–Crippen MR) is 96.1 cm³/mol. The molecule has 3 rings (SSSR count). The number of aliphatic hydroxyl groups is 1. The Morgan fingerprint density at radius 3 is 2.69 bits per heavy atom. The summed E-state index contributed by atoms with van der Waals surface area (Å²) < 4.78 is 10.8. The molecule has 0 spiro atoms. The number of rotatable bonds is 6. The van der Waals surface area contributed by atoms with Crippen molar-refractivity contribution in [1.29, 1.82) is 0 Å². The standard InChI is InChI=1S/C20H21NO5/c1-2-25-20(24)15-8-4-3-7-14(15)13-21-16-9-5-6-10-17(16)26-18(11-12-22)19(21)23/h3-10,18,22H,2,11-13H2,1H3. The van der Waals surface area contributed by atoms with Gasteiger partial charge in [0.15, 0.2) is 6.10 Å². The lowest BCUT2D eigenvalue weighted by Gasteiger charge is -2.34. The molecule has 0 saturated heterocycles. The summed E-state index contributed by atoms with van der Waals surface area (Å²) in [5, 5.41) is 9.22. The number of hydrogen-bond acceptors (Lipinski definition) is 5. The summed E-state index contributed by atoms with van der Waals surface area (Å²) >= 11 is 0. The summed E-state index contributed by atoms with van der Waals surface area (Å²) in [5.74, 6) is -0.0698. The molecule has 1 aliphatic rings. The fourth-order valence-corrected chi connectivity index (χ4v) is 2.98. The van der Waals surface area contributed by atoms with Crippen LogP contribution in [0.3, 0.4) is 0 Å². The number of carbonyl (C=O) groups is 2. The molecule has 0 fully saturated rings. The minimum Gasteiger partial charge on any atom is -0.478 e. The van der Waals surface area contributed by atoms with E-state index in [-0.39, 0.29) is 32.1 Å². The van der Waals surface area contributed by atoms with Gasteiger partial charge in [-0.1, -0.05) is 30.3 Å². The van der Waals surface area contributed by atoms with Crippen LogP contribution >= 0.6 is 0 Å². The molecular formula is C20H21NO5. The van der Waals surface area contributed by atoms with Gasteiger partial charge in [-0.25, -0.2) is 4.79 Å². The number of esters is 1. The van der Waals surface area contributed by atoms with E-state index in [1.165, 1.54) is 0 Å². The molecule has 1 aliphatic heterocycles. The predicted octanol–water partition coefficient (Wildman–Crippen LogP) is 2.54. The molecule has 6 nitrogen and oxygen atoms in total. The van der Waals surface area contributed by atoms with E-state index in [0.717, 1.165) is 0 Å². The lowest BCUT2D eigenvalue weighted by atomic mass is 10.0. The van der Waals surface area contributed by atoms with Crippen molar-refractivity contribution in [3.05, 3.63) is 59.7 Å². The Bertz CT molecular complexity index is 804. The topological polar surface area (TPSA) is 76.1 Å². The molecule has 2 aromatic carbocycles. The van der Waals surface area contributed by atoms with E-state index in [4.69, 9.17) is 9.47 Å². The first kappa shape index (κ1) is 17.9. The maximum Gasteiger partial charge on any atom is 0.338 e. The molecule has 0 saturated carbocycles. The van der Waals surface area contributed by atoms with Gasteiger partial charge in [-0.05, 0) is 30.7 Å². The van der Waals surface area contributed by atoms with E-state index in [2.05, 4.69) is 0 Å². The van der Waals surface area contributed by atoms with Gasteiger partial charge in [0.25, 0.3) is 5.91 Å². The van der Waals surface area contributed by atoms with Crippen LogP contribution in [0.4, 0.5) is 5.69 Å². The van der Waals surface area contributed by atoms with Crippen LogP contribution in [0.15, 0.2) is 48.5 Å². The molecule has 0 radical (unpaired) electrons. The molecule has 6 heteroatoms. The summed E-state index contributed by atoms with van der Waals surface area (Å²) in [6, 6.07) is 14.3. The van der Waals surface area contributed by atoms with E-state index < -0.39 is 12.1 Å². The number of nitrogens with zero attached hydrogens (tertiary/aromatic N) is 1. The second kappa shape index (κ2) is 8.01. The highest BCUT2D eigenvalue weighted by Gasteiger charge is 2.34. The van der Waals surface area contributed by atoms with Crippen molar-refractivity contribution < 1.29 is 24.2 Å². The molecule has 2 aromatic rings. The molecule has 1 heterocycles. The van der Waals surface area contributed by atoms with Gasteiger partial charge in [-0.2, -0.15) is 0 Å². The maximum absolute atomic E-state index is 12.9. The molecule has 0 aromatic heterocycles. The first-order valence-electron chi connectivity index (χ1n) is 8.58. The van der Waals surface area contributed by atoms with Crippen molar-refractivity contribution in [3.63, 3.8) is 0 Å². The minimum absolute atomic E-state index is 0.147. The smallest absolute Gasteiger partial charge is 0.338 e. The zero-order chi connectivity index (χ0) is 18.5. The van der Waals surface area contributed by atoms with Gasteiger partial charge in [0.05, 0.1) is 24.4 Å². The summed E-state index contributed by atoms with van der Waals surface area (Å²) in [4.78, 5) is 26.7. The second-order valence-electron chi connectivity index (χ2n) is 5.89. The average Bonchev–Trinajstić information content (AvgIpc) is 2.66. The number of aliphatic hydroxyl groups excluding tert-OH is 1. The minimum atomic E-state index is -0.746. The molecule has 1 atom stereocenters. The number of anilines is 1. The molecule has 0 bridgehead atoms. The van der Waals surface area contributed by atoms with Crippen molar-refractivity contribution in [2.24, 2.45) is 0 Å². The van der Waals surface area contributed by atoms with Crippen LogP contribution in [0, 0.1) is 0 Å². The normalized spacial score (nSPS) is 16.0. The van der Waals surface area contributed by atoms with Crippen molar-refractivity contribution in [1.82, 2.24) is 0 Å². The second-order valence-corrected chi connectivity index (χ2v) is 5.89. The van der Waals surface area contributed by atoms with Crippen LogP contribution in [0.5, 0.6) is 5.75 Å². The lowest BCUT2D eigenvalue weighted by molar-refractivity contribution is -0.127. The number of amides is 1. The van der Waals surface area contributed by atoms with Gasteiger partial charge in [0, 0.05) is 13.0 Å². The van der Waals surface area contributed by atoms with Gasteiger partial charge in [0.1, 0.15) is 5.75 Å². The highest BCUT2D eigenvalue weighted by atomic mass is 16.5. The van der Waals surface area contributed by atoms with Crippen molar-refractivity contribution in [3.8, 4) is 5.75 Å². The molecule has 1 unspecified atom stereocenters. The number of carbonyl (C=O) groups excluding carboxylic acids is 2.